The Morgan fingerprint density at radius 2 is 1.63 bits per heavy atom. The summed E-state index contributed by atoms with van der Waals surface area (Å²) in [6.45, 7) is 3.15. The van der Waals surface area contributed by atoms with Crippen molar-refractivity contribution < 1.29 is 14.8 Å². The molecule has 1 N–H and O–H groups in total. The van der Waals surface area contributed by atoms with E-state index >= 15 is 0 Å². The second-order valence-electron chi connectivity index (χ2n) is 10.3. The van der Waals surface area contributed by atoms with Gasteiger partial charge in [-0.15, -0.1) is 11.3 Å². The van der Waals surface area contributed by atoms with Crippen LogP contribution in [0.1, 0.15) is 63.5 Å². The highest BCUT2D eigenvalue weighted by atomic mass is 32.1. The van der Waals surface area contributed by atoms with E-state index in [-0.39, 0.29) is 5.97 Å². The van der Waals surface area contributed by atoms with Crippen LogP contribution < -0.4 is 0 Å². The van der Waals surface area contributed by atoms with Crippen LogP contribution in [0.25, 0.3) is 37.9 Å². The molecule has 0 saturated carbocycles. The first kappa shape index (κ1) is 28.3. The summed E-state index contributed by atoms with van der Waals surface area (Å²) in [5, 5.41) is 20.8. The van der Waals surface area contributed by atoms with E-state index in [4.69, 9.17) is 0 Å². The molecule has 2 aromatic heterocycles. The van der Waals surface area contributed by atoms with Gasteiger partial charge in [-0.3, -0.25) is 0 Å². The third-order valence-electron chi connectivity index (χ3n) is 7.38. The van der Waals surface area contributed by atoms with Crippen molar-refractivity contribution in [2.75, 3.05) is 0 Å². The lowest BCUT2D eigenvalue weighted by Gasteiger charge is -2.09. The Balaban J connectivity index is 1.36. The monoisotopic (exact) mass is 565 g/mol. The van der Waals surface area contributed by atoms with Gasteiger partial charge in [-0.1, -0.05) is 59.9 Å². The second-order valence-corrected chi connectivity index (χ2v) is 11.3. The van der Waals surface area contributed by atoms with Crippen molar-refractivity contribution in [3.05, 3.63) is 89.3 Å². The normalized spacial score (nSPS) is 12.1. The molecule has 210 valence electrons. The zero-order chi connectivity index (χ0) is 28.6. The number of rotatable bonds is 12. The number of oxime groups is 2. The lowest BCUT2D eigenvalue weighted by molar-refractivity contribution is -0.140. The molecule has 0 saturated heterocycles. The molecule has 0 amide bonds. The van der Waals surface area contributed by atoms with Crippen LogP contribution in [0.5, 0.6) is 0 Å². The molecule has 0 bridgehead atoms. The Bertz CT molecular complexity index is 1680. The number of fused-ring (bicyclic) bond motifs is 3. The fourth-order valence-corrected chi connectivity index (χ4v) is 5.99. The molecule has 5 rings (SSSR count). The molecular weight excluding hydrogens is 530 g/mol. The SMILES string of the molecule is CC(=O)ON=CCCCCCCCc1ccc2c(c1)c1cc(-c3cccs3)ccc1n2-c1ccc(C(C)=NO)cc1. The molecule has 0 radical (unpaired) electrons. The predicted octanol–water partition coefficient (Wildman–Crippen LogP) is 9.14. The Labute approximate surface area is 244 Å². The van der Waals surface area contributed by atoms with Crippen molar-refractivity contribution in [3.8, 4) is 16.1 Å². The van der Waals surface area contributed by atoms with Crippen molar-refractivity contribution in [2.45, 2.75) is 58.8 Å². The fraction of sp³-hybridized carbons (Fsp3) is 0.265. The van der Waals surface area contributed by atoms with Crippen LogP contribution in [-0.4, -0.2) is 27.7 Å². The van der Waals surface area contributed by atoms with E-state index in [1.54, 1.807) is 24.5 Å². The summed E-state index contributed by atoms with van der Waals surface area (Å²) >= 11 is 1.76. The van der Waals surface area contributed by atoms with Crippen LogP contribution >= 0.6 is 11.3 Å². The first-order valence-corrected chi connectivity index (χ1v) is 15.0. The Morgan fingerprint density at radius 1 is 0.902 bits per heavy atom. The van der Waals surface area contributed by atoms with Gasteiger partial charge in [0.25, 0.3) is 0 Å². The molecule has 7 heteroatoms. The molecule has 0 spiro atoms. The molecule has 0 aliphatic carbocycles. The Morgan fingerprint density at radius 3 is 2.37 bits per heavy atom. The van der Waals surface area contributed by atoms with Gasteiger partial charge in [-0.2, -0.15) is 0 Å². The van der Waals surface area contributed by atoms with E-state index < -0.39 is 0 Å². The lowest BCUT2D eigenvalue weighted by atomic mass is 10.0. The van der Waals surface area contributed by atoms with Crippen LogP contribution in [0.3, 0.4) is 0 Å². The van der Waals surface area contributed by atoms with Gasteiger partial charge in [-0.05, 0) is 97.1 Å². The van der Waals surface area contributed by atoms with E-state index in [1.807, 2.05) is 12.1 Å². The molecule has 0 atom stereocenters. The molecule has 0 unspecified atom stereocenters. The average Bonchev–Trinajstić information content (AvgIpc) is 3.64. The number of hydrogen-bond acceptors (Lipinski definition) is 6. The number of thiophene rings is 1. The van der Waals surface area contributed by atoms with Crippen molar-refractivity contribution in [2.24, 2.45) is 10.3 Å². The highest BCUT2D eigenvalue weighted by Gasteiger charge is 2.15. The predicted molar refractivity (Wildman–Crippen MR) is 170 cm³/mol. The minimum atomic E-state index is -0.384. The summed E-state index contributed by atoms with van der Waals surface area (Å²) in [5.74, 6) is -0.384. The maximum Gasteiger partial charge on any atom is 0.331 e. The summed E-state index contributed by atoms with van der Waals surface area (Å²) in [5.41, 5.74) is 7.52. The first-order valence-electron chi connectivity index (χ1n) is 14.1. The molecule has 0 aliphatic rings. The van der Waals surface area contributed by atoms with Gasteiger partial charge in [-0.25, -0.2) is 4.79 Å². The van der Waals surface area contributed by atoms with Crippen LogP contribution in [0.2, 0.25) is 0 Å². The third-order valence-corrected chi connectivity index (χ3v) is 8.30. The van der Waals surface area contributed by atoms with Crippen molar-refractivity contribution in [3.63, 3.8) is 0 Å². The standard InChI is InChI=1S/C34H35N3O3S/c1-24(36-39)27-13-16-29(17-14-27)37-32-18-12-26(10-7-5-3-4-6-8-20-35-40-25(2)38)22-30(32)31-23-28(15-19-33(31)37)34-11-9-21-41-34/h9,11-23,39H,3-8,10H2,1-2H3. The van der Waals surface area contributed by atoms with E-state index in [0.717, 1.165) is 43.4 Å². The highest BCUT2D eigenvalue weighted by Crippen LogP contribution is 2.36. The zero-order valence-corrected chi connectivity index (χ0v) is 24.4. The van der Waals surface area contributed by atoms with Gasteiger partial charge >= 0.3 is 5.97 Å². The van der Waals surface area contributed by atoms with Crippen molar-refractivity contribution >= 4 is 51.0 Å². The number of aryl methyl sites for hydroxylation is 1. The van der Waals surface area contributed by atoms with Crippen LogP contribution in [-0.2, 0) is 16.1 Å². The summed E-state index contributed by atoms with van der Waals surface area (Å²) in [4.78, 5) is 16.6. The lowest BCUT2D eigenvalue weighted by Crippen LogP contribution is -1.97. The largest absolute Gasteiger partial charge is 0.411 e. The van der Waals surface area contributed by atoms with Gasteiger partial charge < -0.3 is 14.6 Å². The van der Waals surface area contributed by atoms with E-state index in [1.165, 1.54) is 57.6 Å². The number of carbonyl (C=O) groups excluding carboxylic acids is 1. The fourth-order valence-electron chi connectivity index (χ4n) is 5.27. The number of unbranched alkanes of at least 4 members (excludes halogenated alkanes) is 5. The Hall–Kier alpha value is -4.23. The summed E-state index contributed by atoms with van der Waals surface area (Å²) in [6, 6.07) is 26.1. The summed E-state index contributed by atoms with van der Waals surface area (Å²) < 4.78 is 2.33. The molecule has 0 aliphatic heterocycles. The molecule has 0 fully saturated rings. The minimum absolute atomic E-state index is 0.384. The molecule has 6 nitrogen and oxygen atoms in total. The maximum atomic E-state index is 10.7. The minimum Gasteiger partial charge on any atom is -0.411 e. The Kier molecular flexibility index (Phi) is 9.26. The summed E-state index contributed by atoms with van der Waals surface area (Å²) in [7, 11) is 0. The van der Waals surface area contributed by atoms with E-state index in [9.17, 15) is 10.0 Å². The number of benzene rings is 3. The zero-order valence-electron chi connectivity index (χ0n) is 23.5. The number of aromatic nitrogens is 1. The van der Waals surface area contributed by atoms with Crippen LogP contribution in [0.4, 0.5) is 0 Å². The van der Waals surface area contributed by atoms with Crippen molar-refractivity contribution in [1.29, 1.82) is 0 Å². The molecule has 41 heavy (non-hydrogen) atoms. The number of hydrogen-bond donors (Lipinski definition) is 1. The quantitative estimate of drug-likeness (QED) is 0.0539. The van der Waals surface area contributed by atoms with Crippen molar-refractivity contribution in [1.82, 2.24) is 4.57 Å². The van der Waals surface area contributed by atoms with E-state index in [2.05, 4.69) is 85.8 Å². The molecule has 3 aromatic carbocycles. The first-order chi connectivity index (χ1) is 20.0. The third kappa shape index (κ3) is 6.74. The van der Waals surface area contributed by atoms with Gasteiger partial charge in [0.05, 0.1) is 16.7 Å². The molecule has 5 aromatic rings. The average molecular weight is 566 g/mol. The van der Waals surface area contributed by atoms with E-state index in [0.29, 0.717) is 5.71 Å². The van der Waals surface area contributed by atoms with Crippen LogP contribution in [0, 0.1) is 0 Å². The van der Waals surface area contributed by atoms with Gasteiger partial charge in [0.1, 0.15) is 0 Å². The summed E-state index contributed by atoms with van der Waals surface area (Å²) in [6.07, 6.45) is 9.28. The topological polar surface area (TPSA) is 76.2 Å². The molecule has 2 heterocycles. The highest BCUT2D eigenvalue weighted by molar-refractivity contribution is 7.13. The van der Waals surface area contributed by atoms with Crippen LogP contribution in [0.15, 0.2) is 88.5 Å². The molecular formula is C34H35N3O3S. The number of carbonyl (C=O) groups is 1. The van der Waals surface area contributed by atoms with Gasteiger partial charge in [0, 0.05) is 34.5 Å². The second kappa shape index (κ2) is 13.4. The number of nitrogens with zero attached hydrogens (tertiary/aromatic N) is 3. The van der Waals surface area contributed by atoms with Gasteiger partial charge in [0.2, 0.25) is 0 Å². The maximum absolute atomic E-state index is 10.7. The van der Waals surface area contributed by atoms with Gasteiger partial charge in [0.15, 0.2) is 0 Å². The smallest absolute Gasteiger partial charge is 0.331 e.